The first-order valence-electron chi connectivity index (χ1n) is 9.26. The van der Waals surface area contributed by atoms with Gasteiger partial charge in [-0.15, -0.1) is 0 Å². The predicted octanol–water partition coefficient (Wildman–Crippen LogP) is 3.93. The van der Waals surface area contributed by atoms with Gasteiger partial charge in [-0.2, -0.15) is 5.10 Å². The molecule has 0 spiro atoms. The first-order chi connectivity index (χ1) is 14.0. The highest BCUT2D eigenvalue weighted by Crippen LogP contribution is 2.15. The lowest BCUT2D eigenvalue weighted by Crippen LogP contribution is -2.18. The van der Waals surface area contributed by atoms with Gasteiger partial charge in [0.15, 0.2) is 6.61 Å². The molecule has 0 unspecified atom stereocenters. The van der Waals surface area contributed by atoms with E-state index in [9.17, 15) is 9.59 Å². The van der Waals surface area contributed by atoms with Crippen LogP contribution in [0.2, 0.25) is 0 Å². The van der Waals surface area contributed by atoms with Crippen LogP contribution < -0.4 is 10.2 Å². The smallest absolute Gasteiger partial charge is 0.344 e. The number of amides is 1. The monoisotopic (exact) mass is 390 g/mol. The minimum absolute atomic E-state index is 0.145. The summed E-state index contributed by atoms with van der Waals surface area (Å²) in [6, 6.07) is 20.3. The van der Waals surface area contributed by atoms with Crippen LogP contribution in [0.15, 0.2) is 71.8 Å². The van der Waals surface area contributed by atoms with Gasteiger partial charge >= 0.3 is 5.97 Å². The maximum absolute atomic E-state index is 12.3. The van der Waals surface area contributed by atoms with Crippen LogP contribution in [-0.4, -0.2) is 30.8 Å². The molecule has 148 valence electrons. The van der Waals surface area contributed by atoms with Gasteiger partial charge in [0.25, 0.3) is 5.91 Å². The number of benzene rings is 3. The first kappa shape index (κ1) is 20.1. The quantitative estimate of drug-likeness (QED) is 0.377. The molecule has 0 radical (unpaired) electrons. The molecule has 6 heteroatoms. The number of fused-ring (bicyclic) bond motifs is 1. The van der Waals surface area contributed by atoms with Crippen LogP contribution in [0.3, 0.4) is 0 Å². The lowest BCUT2D eigenvalue weighted by Gasteiger charge is -2.09. The molecule has 29 heavy (non-hydrogen) atoms. The number of rotatable bonds is 7. The number of nitrogens with one attached hydrogen (secondary N) is 1. The van der Waals surface area contributed by atoms with E-state index in [4.69, 9.17) is 9.47 Å². The number of carbonyl (C=O) groups excluding carboxylic acids is 2. The second-order valence-electron chi connectivity index (χ2n) is 6.66. The van der Waals surface area contributed by atoms with Crippen LogP contribution in [0.5, 0.6) is 5.75 Å². The summed E-state index contributed by atoms with van der Waals surface area (Å²) in [4.78, 5) is 23.7. The van der Waals surface area contributed by atoms with E-state index in [1.165, 1.54) is 6.21 Å². The molecule has 3 aromatic carbocycles. The van der Waals surface area contributed by atoms with Crippen LogP contribution in [-0.2, 0) is 9.53 Å². The van der Waals surface area contributed by atoms with E-state index in [2.05, 4.69) is 10.5 Å². The number of hydrogen-bond donors (Lipinski definition) is 1. The summed E-state index contributed by atoms with van der Waals surface area (Å²) in [5.41, 5.74) is 3.84. The third-order valence-corrected chi connectivity index (χ3v) is 4.00. The molecule has 0 aliphatic carbocycles. The molecule has 0 aliphatic heterocycles. The molecule has 1 amide bonds. The Balaban J connectivity index is 1.53. The Labute approximate surface area is 169 Å². The van der Waals surface area contributed by atoms with Gasteiger partial charge in [-0.25, -0.2) is 10.2 Å². The Morgan fingerprint density at radius 1 is 1.00 bits per heavy atom. The Morgan fingerprint density at radius 3 is 2.45 bits per heavy atom. The van der Waals surface area contributed by atoms with E-state index in [0.717, 1.165) is 16.3 Å². The molecule has 0 heterocycles. The molecular weight excluding hydrogens is 368 g/mol. The fourth-order valence-electron chi connectivity index (χ4n) is 2.65. The van der Waals surface area contributed by atoms with E-state index in [0.29, 0.717) is 11.3 Å². The van der Waals surface area contributed by atoms with Crippen LogP contribution in [0, 0.1) is 0 Å². The summed E-state index contributed by atoms with van der Waals surface area (Å²) in [5, 5.41) is 6.07. The lowest BCUT2D eigenvalue weighted by atomic mass is 10.1. The van der Waals surface area contributed by atoms with Gasteiger partial charge in [-0.05, 0) is 66.6 Å². The Morgan fingerprint density at radius 2 is 1.72 bits per heavy atom. The van der Waals surface area contributed by atoms with E-state index in [-0.39, 0.29) is 18.6 Å². The maximum Gasteiger partial charge on any atom is 0.344 e. The van der Waals surface area contributed by atoms with Crippen LogP contribution in [0.4, 0.5) is 0 Å². The van der Waals surface area contributed by atoms with Crippen LogP contribution >= 0.6 is 0 Å². The minimum Gasteiger partial charge on any atom is -0.482 e. The van der Waals surface area contributed by atoms with Crippen molar-refractivity contribution in [3.05, 3.63) is 77.9 Å². The normalized spacial score (nSPS) is 11.0. The summed E-state index contributed by atoms with van der Waals surface area (Å²) >= 11 is 0. The zero-order valence-electron chi connectivity index (χ0n) is 16.3. The van der Waals surface area contributed by atoms with Gasteiger partial charge in [-0.3, -0.25) is 4.79 Å². The Kier molecular flexibility index (Phi) is 6.58. The van der Waals surface area contributed by atoms with E-state index in [1.807, 2.05) is 36.4 Å². The second-order valence-corrected chi connectivity index (χ2v) is 6.66. The van der Waals surface area contributed by atoms with Crippen molar-refractivity contribution in [1.82, 2.24) is 5.43 Å². The molecule has 0 saturated carbocycles. The molecule has 3 aromatic rings. The van der Waals surface area contributed by atoms with Crippen molar-refractivity contribution in [2.75, 3.05) is 6.61 Å². The summed E-state index contributed by atoms with van der Waals surface area (Å²) in [7, 11) is 0. The van der Waals surface area contributed by atoms with Gasteiger partial charge in [0, 0.05) is 5.56 Å². The molecule has 0 bridgehead atoms. The summed E-state index contributed by atoms with van der Waals surface area (Å²) in [5.74, 6) is -0.152. The van der Waals surface area contributed by atoms with E-state index < -0.39 is 5.97 Å². The van der Waals surface area contributed by atoms with Gasteiger partial charge in [-0.1, -0.05) is 30.3 Å². The van der Waals surface area contributed by atoms with Gasteiger partial charge in [0.1, 0.15) is 5.75 Å². The molecule has 0 fully saturated rings. The Bertz CT molecular complexity index is 1030. The van der Waals surface area contributed by atoms with E-state index in [1.54, 1.807) is 44.2 Å². The summed E-state index contributed by atoms with van der Waals surface area (Å²) < 4.78 is 10.4. The molecular formula is C23H22N2O4. The summed E-state index contributed by atoms with van der Waals surface area (Å²) in [6.45, 7) is 3.42. The standard InChI is InChI=1S/C23H22N2O4/c1-16(2)29-22(26)15-28-21-11-7-17(8-12-21)14-24-25-23(27)20-10-9-18-5-3-4-6-19(18)13-20/h3-14,16H,15H2,1-2H3,(H,25,27)/b24-14-. The molecule has 0 aromatic heterocycles. The average molecular weight is 390 g/mol. The molecule has 6 nitrogen and oxygen atoms in total. The van der Waals surface area contributed by atoms with Crippen molar-refractivity contribution in [3.63, 3.8) is 0 Å². The molecule has 1 N–H and O–H groups in total. The number of ether oxygens (including phenoxy) is 2. The first-order valence-corrected chi connectivity index (χ1v) is 9.26. The topological polar surface area (TPSA) is 77.0 Å². The minimum atomic E-state index is -0.415. The highest BCUT2D eigenvalue weighted by Gasteiger charge is 2.07. The SMILES string of the molecule is CC(C)OC(=O)COc1ccc(/C=N\NC(=O)c2ccc3ccccc3c2)cc1. The maximum atomic E-state index is 12.3. The largest absolute Gasteiger partial charge is 0.482 e. The zero-order chi connectivity index (χ0) is 20.6. The van der Waals surface area contributed by atoms with Crippen LogP contribution in [0.25, 0.3) is 10.8 Å². The van der Waals surface area contributed by atoms with Crippen molar-refractivity contribution in [1.29, 1.82) is 0 Å². The predicted molar refractivity (Wildman–Crippen MR) is 112 cm³/mol. The van der Waals surface area contributed by atoms with Gasteiger partial charge in [0.2, 0.25) is 0 Å². The highest BCUT2D eigenvalue weighted by molar-refractivity contribution is 5.98. The molecule has 0 aliphatic rings. The lowest BCUT2D eigenvalue weighted by molar-refractivity contribution is -0.149. The highest BCUT2D eigenvalue weighted by atomic mass is 16.6. The fraction of sp³-hybridized carbons (Fsp3) is 0.174. The molecule has 3 rings (SSSR count). The zero-order valence-corrected chi connectivity index (χ0v) is 16.3. The molecule has 0 saturated heterocycles. The van der Waals surface area contributed by atoms with Gasteiger partial charge < -0.3 is 9.47 Å². The van der Waals surface area contributed by atoms with Gasteiger partial charge in [0.05, 0.1) is 12.3 Å². The van der Waals surface area contributed by atoms with Crippen molar-refractivity contribution >= 4 is 28.9 Å². The Hall–Kier alpha value is -3.67. The van der Waals surface area contributed by atoms with E-state index >= 15 is 0 Å². The number of esters is 1. The van der Waals surface area contributed by atoms with Crippen molar-refractivity contribution in [3.8, 4) is 5.75 Å². The molecule has 0 atom stereocenters. The average Bonchev–Trinajstić information content (AvgIpc) is 2.72. The third kappa shape index (κ3) is 5.90. The number of carbonyl (C=O) groups is 2. The van der Waals surface area contributed by atoms with Crippen LogP contribution in [0.1, 0.15) is 29.8 Å². The number of hydrogen-bond acceptors (Lipinski definition) is 5. The third-order valence-electron chi connectivity index (χ3n) is 4.00. The van der Waals surface area contributed by atoms with Crippen molar-refractivity contribution in [2.24, 2.45) is 5.10 Å². The van der Waals surface area contributed by atoms with Crippen molar-refractivity contribution < 1.29 is 19.1 Å². The number of hydrazone groups is 1. The second kappa shape index (κ2) is 9.50. The summed E-state index contributed by atoms with van der Waals surface area (Å²) in [6.07, 6.45) is 1.37. The van der Waals surface area contributed by atoms with Crippen molar-refractivity contribution in [2.45, 2.75) is 20.0 Å². The fourth-order valence-corrected chi connectivity index (χ4v) is 2.65. The number of nitrogens with zero attached hydrogens (tertiary/aromatic N) is 1.